The van der Waals surface area contributed by atoms with E-state index in [1.165, 1.54) is 18.9 Å². The van der Waals surface area contributed by atoms with Gasteiger partial charge in [-0.3, -0.25) is 14.5 Å². The van der Waals surface area contributed by atoms with E-state index in [1.54, 1.807) is 29.5 Å². The number of nitrogens with zero attached hydrogens (tertiary/aromatic N) is 3. The lowest BCUT2D eigenvalue weighted by Gasteiger charge is -2.43. The minimum atomic E-state index is -0.860. The van der Waals surface area contributed by atoms with E-state index < -0.39 is 6.10 Å². The Bertz CT molecular complexity index is 1790. The number of rotatable bonds is 10. The molecule has 1 amide bonds. The topological polar surface area (TPSA) is 122 Å². The van der Waals surface area contributed by atoms with Gasteiger partial charge in [0.25, 0.3) is 5.91 Å². The number of fused-ring (bicyclic) bond motifs is 1. The van der Waals surface area contributed by atoms with E-state index in [0.717, 1.165) is 85.8 Å². The lowest BCUT2D eigenvalue weighted by molar-refractivity contribution is 0.0479. The summed E-state index contributed by atoms with van der Waals surface area (Å²) in [6.45, 7) is 4.95. The number of aromatic hydroxyl groups is 1. The fourth-order valence-electron chi connectivity index (χ4n) is 7.29. The van der Waals surface area contributed by atoms with Crippen molar-refractivity contribution in [2.75, 3.05) is 39.3 Å². The van der Waals surface area contributed by atoms with Crippen molar-refractivity contribution in [1.82, 2.24) is 25.1 Å². The lowest BCUT2D eigenvalue weighted by Crippen LogP contribution is -2.46. The van der Waals surface area contributed by atoms with Gasteiger partial charge in [-0.2, -0.15) is 0 Å². The summed E-state index contributed by atoms with van der Waals surface area (Å²) in [4.78, 5) is 36.7. The second-order valence-corrected chi connectivity index (χ2v) is 15.5. The van der Waals surface area contributed by atoms with Crippen LogP contribution in [-0.2, 0) is 13.0 Å². The summed E-state index contributed by atoms with van der Waals surface area (Å²) >= 11 is 2.60. The molecule has 12 heteroatoms. The number of aromatic amines is 1. The number of aromatic nitrogens is 2. The molecule has 0 unspecified atom stereocenters. The van der Waals surface area contributed by atoms with E-state index in [-0.39, 0.29) is 34.3 Å². The molecule has 2 aromatic heterocycles. The third kappa shape index (κ3) is 7.46. The van der Waals surface area contributed by atoms with E-state index >= 15 is 0 Å². The number of phenols is 1. The van der Waals surface area contributed by atoms with E-state index in [1.807, 2.05) is 5.38 Å². The van der Waals surface area contributed by atoms with Crippen LogP contribution in [0.5, 0.6) is 5.75 Å². The van der Waals surface area contributed by atoms with Crippen LogP contribution in [0.1, 0.15) is 89.2 Å². The van der Waals surface area contributed by atoms with Crippen LogP contribution in [0.3, 0.4) is 0 Å². The van der Waals surface area contributed by atoms with Crippen molar-refractivity contribution in [2.24, 2.45) is 5.41 Å². The maximum Gasteiger partial charge on any atom is 0.305 e. The molecule has 250 valence electrons. The molecule has 0 radical (unpaired) electrons. The van der Waals surface area contributed by atoms with E-state index in [2.05, 4.69) is 26.2 Å². The quantitative estimate of drug-likeness (QED) is 0.162. The number of piperidine rings is 1. The largest absolute Gasteiger partial charge is 0.506 e. The Morgan fingerprint density at radius 1 is 1.13 bits per heavy atom. The molecule has 4 aromatic rings. The first kappa shape index (κ1) is 32.4. The van der Waals surface area contributed by atoms with Crippen molar-refractivity contribution in [3.8, 4) is 5.75 Å². The van der Waals surface area contributed by atoms with E-state index in [9.17, 15) is 24.2 Å². The number of carbonyl (C=O) groups excluding carboxylic acids is 1. The van der Waals surface area contributed by atoms with Crippen LogP contribution < -0.4 is 10.2 Å². The molecule has 4 heterocycles. The fraction of sp³-hybridized carbons (Fsp3) is 0.514. The van der Waals surface area contributed by atoms with Crippen LogP contribution in [0, 0.1) is 11.2 Å². The maximum atomic E-state index is 14.7. The van der Waals surface area contributed by atoms with Crippen molar-refractivity contribution in [3.05, 3.63) is 78.6 Å². The van der Waals surface area contributed by atoms with Crippen LogP contribution in [0.2, 0.25) is 0 Å². The summed E-state index contributed by atoms with van der Waals surface area (Å²) < 4.78 is 15.2. The molecule has 2 aliphatic heterocycles. The number of aliphatic hydroxyl groups is 1. The number of nitrogens with one attached hydrogen (secondary N) is 2. The second-order valence-electron chi connectivity index (χ2n) is 13.6. The summed E-state index contributed by atoms with van der Waals surface area (Å²) in [6, 6.07) is 8.37. The first-order valence-corrected chi connectivity index (χ1v) is 18.4. The highest BCUT2D eigenvalue weighted by atomic mass is 32.1. The standard InChI is InChI=1S/C35H42FN5O4S2/c36-25-16-22(7-11-37-18-29(43)26-5-6-28(42)30-31(26)47-34(45)39-30)15-23(17-25)19-40-13-9-35(10-14-40)8-1-2-12-41(21-35)33(44)27-20-46-32(38-27)24-3-4-24/h5-6,15-17,20,24,29,37,42-43H,1-4,7-14,18-19,21H2,(H,39,45)/t29-/m0/s1. The van der Waals surface area contributed by atoms with Crippen LogP contribution in [0.15, 0.2) is 40.5 Å². The van der Waals surface area contributed by atoms with E-state index in [4.69, 9.17) is 4.98 Å². The number of hydrogen-bond acceptors (Lipinski definition) is 9. The Morgan fingerprint density at radius 3 is 2.74 bits per heavy atom. The second kappa shape index (κ2) is 13.8. The summed E-state index contributed by atoms with van der Waals surface area (Å²) in [5.74, 6) is 0.385. The number of thiazole rings is 2. The number of likely N-dealkylation sites (tertiary alicyclic amines) is 2. The average molecular weight is 680 g/mol. The Morgan fingerprint density at radius 2 is 1.94 bits per heavy atom. The summed E-state index contributed by atoms with van der Waals surface area (Å²) in [5.41, 5.74) is 3.53. The number of hydrogen-bond donors (Lipinski definition) is 4. The van der Waals surface area contributed by atoms with Crippen LogP contribution >= 0.6 is 22.7 Å². The number of benzene rings is 2. The molecule has 3 aliphatic rings. The Hall–Kier alpha value is -3.16. The molecular formula is C35H42FN5O4S2. The Kier molecular flexibility index (Phi) is 9.48. The van der Waals surface area contributed by atoms with Gasteiger partial charge in [0.15, 0.2) is 0 Å². The van der Waals surface area contributed by atoms with Crippen molar-refractivity contribution < 1.29 is 19.4 Å². The molecule has 3 fully saturated rings. The Labute approximate surface area is 281 Å². The van der Waals surface area contributed by atoms with Gasteiger partial charge in [-0.1, -0.05) is 29.9 Å². The minimum absolute atomic E-state index is 0.0229. The summed E-state index contributed by atoms with van der Waals surface area (Å²) in [5, 5.41) is 27.1. The molecular weight excluding hydrogens is 638 g/mol. The molecule has 1 aliphatic carbocycles. The fourth-order valence-corrected chi connectivity index (χ4v) is 9.18. The minimum Gasteiger partial charge on any atom is -0.506 e. The van der Waals surface area contributed by atoms with Gasteiger partial charge in [0.1, 0.15) is 22.8 Å². The molecule has 1 spiro atoms. The zero-order chi connectivity index (χ0) is 32.5. The third-order valence-corrected chi connectivity index (χ3v) is 12.0. The van der Waals surface area contributed by atoms with Crippen molar-refractivity contribution in [3.63, 3.8) is 0 Å². The molecule has 4 N–H and O–H groups in total. The number of phenolic OH excluding ortho intramolecular Hbond substituents is 1. The smallest absolute Gasteiger partial charge is 0.305 e. The number of amides is 1. The van der Waals surface area contributed by atoms with Crippen LogP contribution in [-0.4, -0.2) is 75.2 Å². The molecule has 1 atom stereocenters. The predicted molar refractivity (Wildman–Crippen MR) is 183 cm³/mol. The molecule has 2 aromatic carbocycles. The molecule has 1 saturated carbocycles. The van der Waals surface area contributed by atoms with Gasteiger partial charge >= 0.3 is 4.87 Å². The van der Waals surface area contributed by atoms with Crippen molar-refractivity contribution >= 4 is 38.8 Å². The van der Waals surface area contributed by atoms with Crippen molar-refractivity contribution in [2.45, 2.75) is 69.9 Å². The molecule has 2 saturated heterocycles. The lowest BCUT2D eigenvalue weighted by atomic mass is 9.74. The van der Waals surface area contributed by atoms with Crippen LogP contribution in [0.25, 0.3) is 10.2 Å². The number of aliphatic hydroxyl groups excluding tert-OH is 1. The first-order valence-electron chi connectivity index (χ1n) is 16.7. The highest BCUT2D eigenvalue weighted by Crippen LogP contribution is 2.42. The van der Waals surface area contributed by atoms with Crippen LogP contribution in [0.4, 0.5) is 4.39 Å². The van der Waals surface area contributed by atoms with Gasteiger partial charge < -0.3 is 25.4 Å². The maximum absolute atomic E-state index is 14.7. The molecule has 7 rings (SSSR count). The van der Waals surface area contributed by atoms with E-state index in [0.29, 0.717) is 46.9 Å². The highest BCUT2D eigenvalue weighted by molar-refractivity contribution is 7.16. The predicted octanol–water partition coefficient (Wildman–Crippen LogP) is 5.54. The monoisotopic (exact) mass is 679 g/mol. The SMILES string of the molecule is O=C(c1csc(C2CC2)n1)N1CCCCC2(CCN(Cc3cc(F)cc(CCNC[C@H](O)c4ccc(O)c5[nH]c(=O)sc45)c3)CC2)C1. The molecule has 47 heavy (non-hydrogen) atoms. The summed E-state index contributed by atoms with van der Waals surface area (Å²) in [6.07, 6.45) is 7.51. The zero-order valence-corrected chi connectivity index (χ0v) is 28.1. The number of halogens is 1. The third-order valence-electron chi connectivity index (χ3n) is 10.1. The van der Waals surface area contributed by atoms with Gasteiger partial charge in [0.05, 0.1) is 15.8 Å². The Balaban J connectivity index is 0.906. The van der Waals surface area contributed by atoms with Crippen molar-refractivity contribution in [1.29, 1.82) is 0 Å². The van der Waals surface area contributed by atoms with Gasteiger partial charge in [-0.05, 0) is 99.3 Å². The number of H-pyrrole nitrogens is 1. The molecule has 0 bridgehead atoms. The van der Waals surface area contributed by atoms with Gasteiger partial charge in [0, 0.05) is 43.0 Å². The van der Waals surface area contributed by atoms with Gasteiger partial charge in [-0.15, -0.1) is 11.3 Å². The number of carbonyl (C=O) groups is 1. The summed E-state index contributed by atoms with van der Waals surface area (Å²) in [7, 11) is 0. The normalized spacial score (nSPS) is 19.3. The van der Waals surface area contributed by atoms with Gasteiger partial charge in [0.2, 0.25) is 0 Å². The molecule has 9 nitrogen and oxygen atoms in total. The zero-order valence-electron chi connectivity index (χ0n) is 26.5. The highest BCUT2D eigenvalue weighted by Gasteiger charge is 2.39. The first-order chi connectivity index (χ1) is 22.7. The average Bonchev–Trinajstić information content (AvgIpc) is 3.71. The van der Waals surface area contributed by atoms with Gasteiger partial charge in [-0.25, -0.2) is 9.37 Å².